The Labute approximate surface area is 115 Å². The van der Waals surface area contributed by atoms with Crippen LogP contribution in [0.2, 0.25) is 10.0 Å². The minimum atomic E-state index is -0.573. The third kappa shape index (κ3) is 3.71. The van der Waals surface area contributed by atoms with Crippen LogP contribution in [0, 0.1) is 5.92 Å². The number of carbonyl (C=O) groups is 1. The van der Waals surface area contributed by atoms with Crippen LogP contribution in [0.15, 0.2) is 11.0 Å². The lowest BCUT2D eigenvalue weighted by molar-refractivity contribution is -0.122. The number of aromatic nitrogens is 2. The van der Waals surface area contributed by atoms with E-state index in [0.717, 1.165) is 4.68 Å². The number of halogens is 2. The summed E-state index contributed by atoms with van der Waals surface area (Å²) in [6.45, 7) is 5.71. The average molecular weight is 292 g/mol. The zero-order chi connectivity index (χ0) is 13.9. The van der Waals surface area contributed by atoms with Gasteiger partial charge in [-0.05, 0) is 12.8 Å². The molecule has 1 aromatic rings. The van der Waals surface area contributed by atoms with Gasteiger partial charge in [-0.1, -0.05) is 37.0 Å². The highest BCUT2D eigenvalue weighted by Gasteiger charge is 2.14. The Kier molecular flexibility index (Phi) is 5.16. The van der Waals surface area contributed by atoms with Gasteiger partial charge in [0.25, 0.3) is 5.56 Å². The first kappa shape index (κ1) is 15.0. The van der Waals surface area contributed by atoms with E-state index in [1.807, 2.05) is 20.8 Å². The summed E-state index contributed by atoms with van der Waals surface area (Å²) in [5.74, 6) is 0.0247. The molecule has 1 N–H and O–H groups in total. The van der Waals surface area contributed by atoms with Gasteiger partial charge in [-0.25, -0.2) is 4.68 Å². The molecule has 0 radical (unpaired) electrons. The van der Waals surface area contributed by atoms with Crippen molar-refractivity contribution in [2.75, 3.05) is 0 Å². The van der Waals surface area contributed by atoms with Crippen molar-refractivity contribution in [2.45, 2.75) is 33.4 Å². The molecule has 100 valence electrons. The van der Waals surface area contributed by atoms with Crippen molar-refractivity contribution in [1.82, 2.24) is 15.1 Å². The van der Waals surface area contributed by atoms with Crippen LogP contribution in [0.25, 0.3) is 0 Å². The highest BCUT2D eigenvalue weighted by Crippen LogP contribution is 2.14. The Morgan fingerprint density at radius 3 is 2.61 bits per heavy atom. The average Bonchev–Trinajstić information content (AvgIpc) is 2.29. The van der Waals surface area contributed by atoms with Crippen molar-refractivity contribution >= 4 is 29.1 Å². The van der Waals surface area contributed by atoms with E-state index in [4.69, 9.17) is 23.2 Å². The fourth-order valence-electron chi connectivity index (χ4n) is 1.16. The number of amides is 1. The number of hydrogen-bond donors (Lipinski definition) is 1. The van der Waals surface area contributed by atoms with Gasteiger partial charge in [0.15, 0.2) is 0 Å². The molecule has 0 saturated heterocycles. The third-order valence-corrected chi connectivity index (χ3v) is 3.37. The maximum absolute atomic E-state index is 11.7. The summed E-state index contributed by atoms with van der Waals surface area (Å²) in [5, 5.41) is 6.48. The number of nitrogens with zero attached hydrogens (tertiary/aromatic N) is 2. The second-order valence-corrected chi connectivity index (χ2v) is 5.15. The monoisotopic (exact) mass is 291 g/mol. The standard InChI is InChI=1S/C11H15Cl2N3O2/c1-6(2)7(3)15-9(17)5-16-11(18)10(13)8(12)4-14-16/h4,6-7H,5H2,1-3H3,(H,15,17)/t7-/m0/s1. The first-order valence-corrected chi connectivity index (χ1v) is 6.29. The molecule has 0 aliphatic rings. The van der Waals surface area contributed by atoms with Crippen LogP contribution >= 0.6 is 23.2 Å². The molecule has 18 heavy (non-hydrogen) atoms. The molecular formula is C11H15Cl2N3O2. The van der Waals surface area contributed by atoms with Crippen molar-refractivity contribution in [3.8, 4) is 0 Å². The zero-order valence-electron chi connectivity index (χ0n) is 10.4. The summed E-state index contributed by atoms with van der Waals surface area (Å²) in [5.41, 5.74) is -0.573. The molecule has 1 aromatic heterocycles. The summed E-state index contributed by atoms with van der Waals surface area (Å²) >= 11 is 11.3. The summed E-state index contributed by atoms with van der Waals surface area (Å²) < 4.78 is 0.983. The van der Waals surface area contributed by atoms with Gasteiger partial charge in [0.2, 0.25) is 5.91 Å². The van der Waals surface area contributed by atoms with Crippen LogP contribution in [-0.4, -0.2) is 21.7 Å². The molecule has 7 heteroatoms. The first-order chi connectivity index (χ1) is 8.32. The number of rotatable bonds is 4. The lowest BCUT2D eigenvalue weighted by Gasteiger charge is -2.17. The first-order valence-electron chi connectivity index (χ1n) is 5.53. The van der Waals surface area contributed by atoms with Crippen molar-refractivity contribution in [2.24, 2.45) is 5.92 Å². The largest absolute Gasteiger partial charge is 0.352 e. The lowest BCUT2D eigenvalue weighted by Crippen LogP contribution is -2.40. The van der Waals surface area contributed by atoms with Crippen LogP contribution in [0.3, 0.4) is 0 Å². The van der Waals surface area contributed by atoms with E-state index in [1.54, 1.807) is 0 Å². The number of nitrogens with one attached hydrogen (secondary N) is 1. The summed E-state index contributed by atoms with van der Waals surface area (Å²) in [6, 6.07) is 0.0241. The van der Waals surface area contributed by atoms with Gasteiger partial charge in [0.05, 0.1) is 11.2 Å². The Hall–Kier alpha value is -1.07. The molecule has 1 atom stereocenters. The van der Waals surface area contributed by atoms with Crippen LogP contribution in [-0.2, 0) is 11.3 Å². The van der Waals surface area contributed by atoms with Crippen molar-refractivity contribution in [1.29, 1.82) is 0 Å². The van der Waals surface area contributed by atoms with E-state index in [9.17, 15) is 9.59 Å². The van der Waals surface area contributed by atoms with E-state index in [1.165, 1.54) is 6.20 Å². The molecule has 0 aliphatic heterocycles. The molecule has 0 bridgehead atoms. The Bertz CT molecular complexity index is 500. The van der Waals surface area contributed by atoms with Gasteiger partial charge in [0, 0.05) is 6.04 Å². The Balaban J connectivity index is 2.77. The molecule has 5 nitrogen and oxygen atoms in total. The Morgan fingerprint density at radius 2 is 2.06 bits per heavy atom. The fourth-order valence-corrected chi connectivity index (χ4v) is 1.43. The molecule has 0 spiro atoms. The van der Waals surface area contributed by atoms with E-state index in [0.29, 0.717) is 5.92 Å². The maximum atomic E-state index is 11.7. The highest BCUT2D eigenvalue weighted by molar-refractivity contribution is 6.41. The Morgan fingerprint density at radius 1 is 1.44 bits per heavy atom. The summed E-state index contributed by atoms with van der Waals surface area (Å²) in [4.78, 5) is 23.3. The predicted octanol–water partition coefficient (Wildman–Crippen LogP) is 1.71. The fraction of sp³-hybridized carbons (Fsp3) is 0.545. The van der Waals surface area contributed by atoms with Crippen LogP contribution < -0.4 is 10.9 Å². The van der Waals surface area contributed by atoms with E-state index >= 15 is 0 Å². The van der Waals surface area contributed by atoms with Crippen LogP contribution in [0.1, 0.15) is 20.8 Å². The second kappa shape index (κ2) is 6.20. The molecule has 1 amide bonds. The minimum absolute atomic E-state index is 0.0241. The SMILES string of the molecule is CC(C)[C@H](C)NC(=O)Cn1ncc(Cl)c(Cl)c1=O. The smallest absolute Gasteiger partial charge is 0.287 e. The van der Waals surface area contributed by atoms with Gasteiger partial charge in [0.1, 0.15) is 11.6 Å². The summed E-state index contributed by atoms with van der Waals surface area (Å²) in [6.07, 6.45) is 1.24. The van der Waals surface area contributed by atoms with Crippen LogP contribution in [0.4, 0.5) is 0 Å². The second-order valence-electron chi connectivity index (χ2n) is 4.37. The molecule has 0 saturated carbocycles. The quantitative estimate of drug-likeness (QED) is 0.919. The van der Waals surface area contributed by atoms with Gasteiger partial charge >= 0.3 is 0 Å². The summed E-state index contributed by atoms with van der Waals surface area (Å²) in [7, 11) is 0. The van der Waals surface area contributed by atoms with E-state index < -0.39 is 5.56 Å². The molecule has 1 rings (SSSR count). The maximum Gasteiger partial charge on any atom is 0.287 e. The lowest BCUT2D eigenvalue weighted by atomic mass is 10.1. The van der Waals surface area contributed by atoms with E-state index in [-0.39, 0.29) is 28.5 Å². The number of hydrogen-bond acceptors (Lipinski definition) is 3. The van der Waals surface area contributed by atoms with Crippen LogP contribution in [0.5, 0.6) is 0 Å². The third-order valence-electron chi connectivity index (χ3n) is 2.62. The van der Waals surface area contributed by atoms with Gasteiger partial charge in [-0.3, -0.25) is 9.59 Å². The van der Waals surface area contributed by atoms with E-state index in [2.05, 4.69) is 10.4 Å². The number of carbonyl (C=O) groups excluding carboxylic acids is 1. The van der Waals surface area contributed by atoms with Gasteiger partial charge < -0.3 is 5.32 Å². The molecular weight excluding hydrogens is 277 g/mol. The van der Waals surface area contributed by atoms with Crippen molar-refractivity contribution < 1.29 is 4.79 Å². The molecule has 0 unspecified atom stereocenters. The highest BCUT2D eigenvalue weighted by atomic mass is 35.5. The van der Waals surface area contributed by atoms with Crippen molar-refractivity contribution in [3.05, 3.63) is 26.6 Å². The normalized spacial score (nSPS) is 12.6. The molecule has 0 fully saturated rings. The molecule has 0 aromatic carbocycles. The minimum Gasteiger partial charge on any atom is -0.352 e. The van der Waals surface area contributed by atoms with Crippen molar-refractivity contribution in [3.63, 3.8) is 0 Å². The van der Waals surface area contributed by atoms with Gasteiger partial charge in [-0.2, -0.15) is 5.10 Å². The zero-order valence-corrected chi connectivity index (χ0v) is 11.9. The predicted molar refractivity (Wildman–Crippen MR) is 71.0 cm³/mol. The molecule has 0 aliphatic carbocycles. The van der Waals surface area contributed by atoms with Gasteiger partial charge in [-0.15, -0.1) is 0 Å². The molecule has 1 heterocycles. The topological polar surface area (TPSA) is 64.0 Å².